The Morgan fingerprint density at radius 1 is 1.20 bits per heavy atom. The third kappa shape index (κ3) is 3.74. The molecule has 0 fully saturated rings. The lowest BCUT2D eigenvalue weighted by Crippen LogP contribution is -2.27. The zero-order chi connectivity index (χ0) is 17.8. The van der Waals surface area contributed by atoms with E-state index in [4.69, 9.17) is 0 Å². The second kappa shape index (κ2) is 7.53. The van der Waals surface area contributed by atoms with Crippen molar-refractivity contribution in [1.29, 1.82) is 0 Å². The topological polar surface area (TPSA) is 56.8 Å². The molecule has 2 heterocycles. The molecule has 0 aliphatic heterocycles. The van der Waals surface area contributed by atoms with Crippen LogP contribution >= 0.6 is 0 Å². The standard InChI is InChI=1S/C19H25N5O/c1-15(14-23-11-7-10-21-23)12-20-13-18-16(2)22(3)24(19(18)25)17-8-5-4-6-9-17/h4-11,15,20H,12-14H2,1-3H3/t15-/m1/s1. The number of para-hydroxylation sites is 1. The van der Waals surface area contributed by atoms with Crippen molar-refractivity contribution >= 4 is 0 Å². The summed E-state index contributed by atoms with van der Waals surface area (Å²) in [6.45, 7) is 6.43. The fourth-order valence-corrected chi connectivity index (χ4v) is 3.06. The van der Waals surface area contributed by atoms with Crippen molar-refractivity contribution in [1.82, 2.24) is 24.5 Å². The molecule has 25 heavy (non-hydrogen) atoms. The van der Waals surface area contributed by atoms with Crippen LogP contribution in [-0.4, -0.2) is 25.7 Å². The SMILES string of the molecule is Cc1c(CNC[C@@H](C)Cn2cccn2)c(=O)n(-c2ccccc2)n1C. The highest BCUT2D eigenvalue weighted by Crippen LogP contribution is 2.10. The van der Waals surface area contributed by atoms with E-state index in [9.17, 15) is 4.79 Å². The van der Waals surface area contributed by atoms with E-state index in [1.807, 2.05) is 65.9 Å². The van der Waals surface area contributed by atoms with E-state index in [0.29, 0.717) is 12.5 Å². The smallest absolute Gasteiger partial charge is 0.276 e. The molecule has 0 aliphatic carbocycles. The Morgan fingerprint density at radius 2 is 1.96 bits per heavy atom. The molecule has 3 rings (SSSR count). The van der Waals surface area contributed by atoms with E-state index in [-0.39, 0.29) is 5.56 Å². The maximum absolute atomic E-state index is 12.8. The zero-order valence-electron chi connectivity index (χ0n) is 15.0. The van der Waals surface area contributed by atoms with Gasteiger partial charge in [-0.05, 0) is 37.6 Å². The molecular weight excluding hydrogens is 314 g/mol. The van der Waals surface area contributed by atoms with Gasteiger partial charge in [-0.2, -0.15) is 5.10 Å². The average Bonchev–Trinajstić information content (AvgIpc) is 3.18. The van der Waals surface area contributed by atoms with Crippen molar-refractivity contribution < 1.29 is 0 Å². The quantitative estimate of drug-likeness (QED) is 0.717. The Morgan fingerprint density at radius 3 is 2.64 bits per heavy atom. The Labute approximate surface area is 147 Å². The zero-order valence-corrected chi connectivity index (χ0v) is 15.0. The fraction of sp³-hybridized carbons (Fsp3) is 0.368. The summed E-state index contributed by atoms with van der Waals surface area (Å²) in [5.74, 6) is 0.431. The van der Waals surface area contributed by atoms with Crippen molar-refractivity contribution in [2.45, 2.75) is 26.9 Å². The van der Waals surface area contributed by atoms with Gasteiger partial charge in [0.15, 0.2) is 0 Å². The predicted octanol–water partition coefficient (Wildman–Crippen LogP) is 2.11. The van der Waals surface area contributed by atoms with Crippen LogP contribution in [0.1, 0.15) is 18.2 Å². The summed E-state index contributed by atoms with van der Waals surface area (Å²) in [6.07, 6.45) is 3.76. The van der Waals surface area contributed by atoms with Gasteiger partial charge in [0.05, 0.1) is 11.3 Å². The molecule has 0 saturated carbocycles. The average molecular weight is 339 g/mol. The van der Waals surface area contributed by atoms with Gasteiger partial charge in [-0.15, -0.1) is 0 Å². The molecule has 0 saturated heterocycles. The van der Waals surface area contributed by atoms with Gasteiger partial charge in [-0.1, -0.05) is 25.1 Å². The molecule has 1 aromatic carbocycles. The monoisotopic (exact) mass is 339 g/mol. The molecule has 1 atom stereocenters. The van der Waals surface area contributed by atoms with Crippen molar-refractivity contribution in [3.8, 4) is 5.69 Å². The second-order valence-electron chi connectivity index (χ2n) is 6.50. The van der Waals surface area contributed by atoms with Gasteiger partial charge in [-0.25, -0.2) is 4.68 Å². The number of hydrogen-bond donors (Lipinski definition) is 1. The van der Waals surface area contributed by atoms with Gasteiger partial charge in [0.25, 0.3) is 5.56 Å². The number of aromatic nitrogens is 4. The number of nitrogens with zero attached hydrogens (tertiary/aromatic N) is 4. The lowest BCUT2D eigenvalue weighted by Gasteiger charge is -2.12. The minimum Gasteiger partial charge on any atom is -0.312 e. The highest BCUT2D eigenvalue weighted by atomic mass is 16.1. The van der Waals surface area contributed by atoms with E-state index in [1.54, 1.807) is 10.9 Å². The molecule has 0 amide bonds. The lowest BCUT2D eigenvalue weighted by molar-refractivity contribution is 0.421. The maximum Gasteiger partial charge on any atom is 0.276 e. The molecule has 6 heteroatoms. The minimum absolute atomic E-state index is 0.0402. The molecule has 0 spiro atoms. The van der Waals surface area contributed by atoms with Crippen molar-refractivity contribution in [3.63, 3.8) is 0 Å². The first-order chi connectivity index (χ1) is 12.1. The lowest BCUT2D eigenvalue weighted by atomic mass is 10.1. The van der Waals surface area contributed by atoms with Crippen molar-refractivity contribution in [2.24, 2.45) is 13.0 Å². The van der Waals surface area contributed by atoms with Gasteiger partial charge in [-0.3, -0.25) is 14.2 Å². The van der Waals surface area contributed by atoms with Crippen LogP contribution in [0.2, 0.25) is 0 Å². The number of rotatable bonds is 7. The maximum atomic E-state index is 12.8. The molecule has 1 N–H and O–H groups in total. The van der Waals surface area contributed by atoms with Gasteiger partial charge in [0.2, 0.25) is 0 Å². The first-order valence-corrected chi connectivity index (χ1v) is 8.59. The Kier molecular flexibility index (Phi) is 5.19. The molecule has 6 nitrogen and oxygen atoms in total. The largest absolute Gasteiger partial charge is 0.312 e. The summed E-state index contributed by atoms with van der Waals surface area (Å²) >= 11 is 0. The molecule has 0 aliphatic rings. The number of nitrogens with one attached hydrogen (secondary N) is 1. The second-order valence-corrected chi connectivity index (χ2v) is 6.50. The normalized spacial score (nSPS) is 12.4. The van der Waals surface area contributed by atoms with Crippen LogP contribution in [0, 0.1) is 12.8 Å². The molecule has 132 valence electrons. The number of benzene rings is 1. The van der Waals surface area contributed by atoms with E-state index in [2.05, 4.69) is 17.3 Å². The van der Waals surface area contributed by atoms with E-state index in [1.165, 1.54) is 0 Å². The van der Waals surface area contributed by atoms with Crippen LogP contribution < -0.4 is 10.9 Å². The molecule has 2 aromatic heterocycles. The molecular formula is C19H25N5O. The molecule has 0 bridgehead atoms. The fourth-order valence-electron chi connectivity index (χ4n) is 3.06. The molecule has 3 aromatic rings. The first kappa shape index (κ1) is 17.2. The highest BCUT2D eigenvalue weighted by molar-refractivity contribution is 5.33. The van der Waals surface area contributed by atoms with Crippen molar-refractivity contribution in [3.05, 3.63) is 70.4 Å². The van der Waals surface area contributed by atoms with Crippen LogP contribution in [0.4, 0.5) is 0 Å². The predicted molar refractivity (Wildman–Crippen MR) is 98.8 cm³/mol. The van der Waals surface area contributed by atoms with E-state index in [0.717, 1.165) is 30.0 Å². The summed E-state index contributed by atoms with van der Waals surface area (Å²) in [5.41, 5.74) is 2.73. The Balaban J connectivity index is 1.68. The summed E-state index contributed by atoms with van der Waals surface area (Å²) < 4.78 is 5.57. The van der Waals surface area contributed by atoms with Gasteiger partial charge >= 0.3 is 0 Å². The molecule has 0 unspecified atom stereocenters. The summed E-state index contributed by atoms with van der Waals surface area (Å²) in [5, 5.41) is 7.65. The Hall–Kier alpha value is -2.60. The first-order valence-electron chi connectivity index (χ1n) is 8.59. The van der Waals surface area contributed by atoms with Crippen LogP contribution in [-0.2, 0) is 20.1 Å². The van der Waals surface area contributed by atoms with Crippen molar-refractivity contribution in [2.75, 3.05) is 6.54 Å². The third-order valence-electron chi connectivity index (χ3n) is 4.53. The van der Waals surface area contributed by atoms with E-state index >= 15 is 0 Å². The van der Waals surface area contributed by atoms with Crippen LogP contribution in [0.25, 0.3) is 5.69 Å². The van der Waals surface area contributed by atoms with Crippen LogP contribution in [0.5, 0.6) is 0 Å². The van der Waals surface area contributed by atoms with Gasteiger partial charge < -0.3 is 5.32 Å². The van der Waals surface area contributed by atoms with Crippen LogP contribution in [0.3, 0.4) is 0 Å². The molecule has 0 radical (unpaired) electrons. The minimum atomic E-state index is 0.0402. The summed E-state index contributed by atoms with van der Waals surface area (Å²) in [6, 6.07) is 11.7. The van der Waals surface area contributed by atoms with Gasteiger partial charge in [0.1, 0.15) is 0 Å². The Bertz CT molecular complexity index is 861. The summed E-state index contributed by atoms with van der Waals surface area (Å²) in [7, 11) is 1.92. The van der Waals surface area contributed by atoms with Gasteiger partial charge in [0, 0.05) is 38.2 Å². The van der Waals surface area contributed by atoms with E-state index < -0.39 is 0 Å². The number of hydrogen-bond acceptors (Lipinski definition) is 3. The van der Waals surface area contributed by atoms with Crippen LogP contribution in [0.15, 0.2) is 53.6 Å². The third-order valence-corrected chi connectivity index (χ3v) is 4.53. The highest BCUT2D eigenvalue weighted by Gasteiger charge is 2.15. The summed E-state index contributed by atoms with van der Waals surface area (Å²) in [4.78, 5) is 12.8.